The number of benzene rings is 1. The molecule has 1 N–H and O–H groups in total. The molecule has 0 bridgehead atoms. The Morgan fingerprint density at radius 1 is 1.07 bits per heavy atom. The van der Waals surface area contributed by atoms with E-state index in [2.05, 4.69) is 35.4 Å². The molecule has 15 heavy (non-hydrogen) atoms. The van der Waals surface area contributed by atoms with Gasteiger partial charge < -0.3 is 5.32 Å². The average Bonchev–Trinajstić information content (AvgIpc) is 2.29. The Morgan fingerprint density at radius 2 is 1.87 bits per heavy atom. The molecule has 0 fully saturated rings. The SMILES string of the molecule is Cc1cccnc1CNc1ccccc1. The van der Waals surface area contributed by atoms with Crippen LogP contribution in [0.25, 0.3) is 0 Å². The third-order valence-electron chi connectivity index (χ3n) is 2.35. The van der Waals surface area contributed by atoms with Crippen LogP contribution in [0, 0.1) is 6.92 Å². The number of anilines is 1. The number of hydrogen-bond donors (Lipinski definition) is 1. The molecule has 0 aliphatic rings. The van der Waals surface area contributed by atoms with Crippen LogP contribution in [0.15, 0.2) is 48.7 Å². The van der Waals surface area contributed by atoms with Gasteiger partial charge in [-0.15, -0.1) is 0 Å². The Kier molecular flexibility index (Phi) is 2.98. The number of aromatic nitrogens is 1. The number of hydrogen-bond acceptors (Lipinski definition) is 2. The predicted molar refractivity (Wildman–Crippen MR) is 62.7 cm³/mol. The maximum Gasteiger partial charge on any atom is 0.0623 e. The van der Waals surface area contributed by atoms with E-state index in [1.165, 1.54) is 5.56 Å². The maximum atomic E-state index is 4.33. The van der Waals surface area contributed by atoms with E-state index in [9.17, 15) is 0 Å². The Labute approximate surface area is 90.0 Å². The smallest absolute Gasteiger partial charge is 0.0623 e. The maximum absolute atomic E-state index is 4.33. The number of aryl methyl sites for hydroxylation is 1. The highest BCUT2D eigenvalue weighted by Gasteiger charge is 1.97. The van der Waals surface area contributed by atoms with Gasteiger partial charge in [0.25, 0.3) is 0 Å². The lowest BCUT2D eigenvalue weighted by Crippen LogP contribution is -2.02. The van der Waals surface area contributed by atoms with Crippen LogP contribution in [0.2, 0.25) is 0 Å². The molecule has 0 aliphatic carbocycles. The Balaban J connectivity index is 2.03. The van der Waals surface area contributed by atoms with Crippen molar-refractivity contribution in [3.8, 4) is 0 Å². The molecule has 0 amide bonds. The number of nitrogens with one attached hydrogen (secondary N) is 1. The van der Waals surface area contributed by atoms with Crippen molar-refractivity contribution >= 4 is 5.69 Å². The van der Waals surface area contributed by atoms with E-state index in [4.69, 9.17) is 0 Å². The monoisotopic (exact) mass is 198 g/mol. The molecule has 0 radical (unpaired) electrons. The summed E-state index contributed by atoms with van der Waals surface area (Å²) in [6.45, 7) is 2.85. The first kappa shape index (κ1) is 9.71. The van der Waals surface area contributed by atoms with E-state index in [1.54, 1.807) is 0 Å². The van der Waals surface area contributed by atoms with Crippen molar-refractivity contribution in [3.05, 3.63) is 59.9 Å². The second kappa shape index (κ2) is 4.60. The fraction of sp³-hybridized carbons (Fsp3) is 0.154. The molecule has 2 nitrogen and oxygen atoms in total. The van der Waals surface area contributed by atoms with Crippen molar-refractivity contribution in [2.75, 3.05) is 5.32 Å². The highest BCUT2D eigenvalue weighted by molar-refractivity contribution is 5.43. The summed E-state index contributed by atoms with van der Waals surface area (Å²) in [5.41, 5.74) is 3.45. The summed E-state index contributed by atoms with van der Waals surface area (Å²) in [5, 5.41) is 3.34. The summed E-state index contributed by atoms with van der Waals surface area (Å²) in [6, 6.07) is 14.2. The highest BCUT2D eigenvalue weighted by Crippen LogP contribution is 2.09. The van der Waals surface area contributed by atoms with Gasteiger partial charge in [-0.1, -0.05) is 24.3 Å². The molecule has 0 saturated carbocycles. The summed E-state index contributed by atoms with van der Waals surface area (Å²) < 4.78 is 0. The van der Waals surface area contributed by atoms with Gasteiger partial charge in [-0.3, -0.25) is 4.98 Å². The van der Waals surface area contributed by atoms with Crippen LogP contribution >= 0.6 is 0 Å². The number of rotatable bonds is 3. The Hall–Kier alpha value is -1.83. The molecule has 0 atom stereocenters. The normalized spacial score (nSPS) is 9.93. The van der Waals surface area contributed by atoms with Gasteiger partial charge in [-0.25, -0.2) is 0 Å². The first-order chi connectivity index (χ1) is 7.36. The molecule has 2 rings (SSSR count). The molecule has 2 heteroatoms. The van der Waals surface area contributed by atoms with Gasteiger partial charge in [-0.05, 0) is 30.7 Å². The van der Waals surface area contributed by atoms with Crippen LogP contribution in [-0.2, 0) is 6.54 Å². The number of pyridine rings is 1. The van der Waals surface area contributed by atoms with Gasteiger partial charge in [0, 0.05) is 11.9 Å². The minimum atomic E-state index is 0.774. The van der Waals surface area contributed by atoms with Crippen molar-refractivity contribution in [1.29, 1.82) is 0 Å². The van der Waals surface area contributed by atoms with Crippen LogP contribution in [-0.4, -0.2) is 4.98 Å². The van der Waals surface area contributed by atoms with Crippen molar-refractivity contribution in [3.63, 3.8) is 0 Å². The summed E-state index contributed by atoms with van der Waals surface area (Å²) >= 11 is 0. The molecule has 0 unspecified atom stereocenters. The average molecular weight is 198 g/mol. The third kappa shape index (κ3) is 2.56. The molecule has 0 spiro atoms. The van der Waals surface area contributed by atoms with E-state index in [-0.39, 0.29) is 0 Å². The van der Waals surface area contributed by atoms with Gasteiger partial charge in [0.05, 0.1) is 12.2 Å². The van der Waals surface area contributed by atoms with Crippen LogP contribution in [0.3, 0.4) is 0 Å². The van der Waals surface area contributed by atoms with Crippen molar-refractivity contribution in [2.45, 2.75) is 13.5 Å². The zero-order valence-corrected chi connectivity index (χ0v) is 8.77. The fourth-order valence-electron chi connectivity index (χ4n) is 1.45. The predicted octanol–water partition coefficient (Wildman–Crippen LogP) is 3.00. The van der Waals surface area contributed by atoms with Gasteiger partial charge in [0.1, 0.15) is 0 Å². The largest absolute Gasteiger partial charge is 0.379 e. The second-order valence-electron chi connectivity index (χ2n) is 3.49. The van der Waals surface area contributed by atoms with E-state index in [0.29, 0.717) is 0 Å². The molecule has 1 aromatic heterocycles. The van der Waals surface area contributed by atoms with E-state index < -0.39 is 0 Å². The zero-order valence-electron chi connectivity index (χ0n) is 8.77. The first-order valence-corrected chi connectivity index (χ1v) is 5.05. The van der Waals surface area contributed by atoms with Crippen molar-refractivity contribution in [1.82, 2.24) is 4.98 Å². The lowest BCUT2D eigenvalue weighted by Gasteiger charge is -2.07. The molecular formula is C13H14N2. The minimum Gasteiger partial charge on any atom is -0.379 e. The molecule has 1 heterocycles. The highest BCUT2D eigenvalue weighted by atomic mass is 14.9. The summed E-state index contributed by atoms with van der Waals surface area (Å²) in [7, 11) is 0. The Morgan fingerprint density at radius 3 is 2.60 bits per heavy atom. The molecule has 0 aliphatic heterocycles. The number of para-hydroxylation sites is 1. The van der Waals surface area contributed by atoms with E-state index >= 15 is 0 Å². The molecular weight excluding hydrogens is 184 g/mol. The van der Waals surface area contributed by atoms with Crippen molar-refractivity contribution < 1.29 is 0 Å². The molecule has 0 saturated heterocycles. The molecule has 76 valence electrons. The third-order valence-corrected chi connectivity index (χ3v) is 2.35. The zero-order chi connectivity index (χ0) is 10.5. The quantitative estimate of drug-likeness (QED) is 0.820. The van der Waals surface area contributed by atoms with Gasteiger partial charge >= 0.3 is 0 Å². The van der Waals surface area contributed by atoms with Gasteiger partial charge in [-0.2, -0.15) is 0 Å². The second-order valence-corrected chi connectivity index (χ2v) is 3.49. The van der Waals surface area contributed by atoms with Gasteiger partial charge in [0.2, 0.25) is 0 Å². The van der Waals surface area contributed by atoms with Crippen LogP contribution in [0.4, 0.5) is 5.69 Å². The standard InChI is InChI=1S/C13H14N2/c1-11-6-5-9-14-13(11)10-15-12-7-3-2-4-8-12/h2-9,15H,10H2,1H3. The van der Waals surface area contributed by atoms with Crippen LogP contribution < -0.4 is 5.32 Å². The lowest BCUT2D eigenvalue weighted by molar-refractivity contribution is 1.02. The first-order valence-electron chi connectivity index (χ1n) is 5.05. The molecule has 2 aromatic rings. The van der Waals surface area contributed by atoms with Crippen LogP contribution in [0.1, 0.15) is 11.3 Å². The van der Waals surface area contributed by atoms with Gasteiger partial charge in [0.15, 0.2) is 0 Å². The van der Waals surface area contributed by atoms with E-state index in [1.807, 2.05) is 30.5 Å². The van der Waals surface area contributed by atoms with Crippen LogP contribution in [0.5, 0.6) is 0 Å². The molecule has 1 aromatic carbocycles. The minimum absolute atomic E-state index is 0.774. The topological polar surface area (TPSA) is 24.9 Å². The van der Waals surface area contributed by atoms with E-state index in [0.717, 1.165) is 17.9 Å². The fourth-order valence-corrected chi connectivity index (χ4v) is 1.45. The number of nitrogens with zero attached hydrogens (tertiary/aromatic N) is 1. The summed E-state index contributed by atoms with van der Waals surface area (Å²) in [6.07, 6.45) is 1.83. The summed E-state index contributed by atoms with van der Waals surface area (Å²) in [5.74, 6) is 0. The summed E-state index contributed by atoms with van der Waals surface area (Å²) in [4.78, 5) is 4.33. The van der Waals surface area contributed by atoms with Crippen molar-refractivity contribution in [2.24, 2.45) is 0 Å². The Bertz CT molecular complexity index is 424. The lowest BCUT2D eigenvalue weighted by atomic mass is 10.2.